The van der Waals surface area contributed by atoms with Crippen molar-refractivity contribution in [1.82, 2.24) is 9.55 Å². The summed E-state index contributed by atoms with van der Waals surface area (Å²) in [6.07, 6.45) is 1.35. The molecule has 10 heteroatoms. The van der Waals surface area contributed by atoms with Gasteiger partial charge in [-0.25, -0.2) is 4.98 Å². The second-order valence-corrected chi connectivity index (χ2v) is 8.64. The number of aromatic nitrogens is 2. The van der Waals surface area contributed by atoms with Gasteiger partial charge in [0.2, 0.25) is 12.7 Å². The van der Waals surface area contributed by atoms with Gasteiger partial charge in [0, 0.05) is 16.5 Å². The van der Waals surface area contributed by atoms with Gasteiger partial charge in [-0.1, -0.05) is 0 Å². The molecule has 5 rings (SSSR count). The van der Waals surface area contributed by atoms with Crippen molar-refractivity contribution in [3.8, 4) is 27.7 Å². The van der Waals surface area contributed by atoms with Gasteiger partial charge in [-0.15, -0.1) is 11.3 Å². The highest BCUT2D eigenvalue weighted by Gasteiger charge is 2.21. The third-order valence-corrected chi connectivity index (χ3v) is 6.52. The summed E-state index contributed by atoms with van der Waals surface area (Å²) in [5.74, 6) is 0.909. The van der Waals surface area contributed by atoms with Crippen LogP contribution in [0.2, 0.25) is 0 Å². The number of amides is 1. The van der Waals surface area contributed by atoms with Crippen LogP contribution in [0.25, 0.3) is 20.7 Å². The molecule has 3 heterocycles. The Morgan fingerprint density at radius 3 is 2.59 bits per heavy atom. The zero-order valence-corrected chi connectivity index (χ0v) is 19.1. The lowest BCUT2D eigenvalue weighted by molar-refractivity contribution is -0.116. The fraction of sp³-hybridized carbons (Fsp3) is 0.167. The molecule has 9 nitrogen and oxygen atoms in total. The summed E-state index contributed by atoms with van der Waals surface area (Å²) < 4.78 is 17.5. The van der Waals surface area contributed by atoms with Gasteiger partial charge in [-0.3, -0.25) is 19.0 Å². The largest absolute Gasteiger partial charge is 0.497 e. The number of carbonyl (C=O) groups excluding carboxylic acids is 2. The number of anilines is 1. The normalized spacial score (nSPS) is 12.1. The van der Waals surface area contributed by atoms with E-state index in [2.05, 4.69) is 10.3 Å². The molecule has 0 saturated heterocycles. The third kappa shape index (κ3) is 3.99. The lowest BCUT2D eigenvalue weighted by Crippen LogP contribution is -2.27. The standard InChI is InChI=1S/C24H19N3O6S/c1-13(28)16-7-19-20(33-12-32-19)8-17(16)26-22(29)10-27-11-25-18-9-21(34-23(18)24(27)30)14-3-5-15(31-2)6-4-14/h3-9,11H,10,12H2,1-2H3,(H,26,29). The van der Waals surface area contributed by atoms with Gasteiger partial charge >= 0.3 is 0 Å². The van der Waals surface area contributed by atoms with E-state index in [0.717, 1.165) is 16.2 Å². The molecule has 1 N–H and O–H groups in total. The van der Waals surface area contributed by atoms with E-state index in [-0.39, 0.29) is 24.7 Å². The van der Waals surface area contributed by atoms with E-state index < -0.39 is 5.91 Å². The third-order valence-electron chi connectivity index (χ3n) is 5.36. The Balaban J connectivity index is 1.40. The average molecular weight is 477 g/mol. The van der Waals surface area contributed by atoms with Crippen molar-refractivity contribution in [2.75, 3.05) is 19.2 Å². The minimum absolute atomic E-state index is 0.0461. The summed E-state index contributed by atoms with van der Waals surface area (Å²) >= 11 is 1.31. The van der Waals surface area contributed by atoms with Crippen molar-refractivity contribution in [2.45, 2.75) is 13.5 Å². The maximum Gasteiger partial charge on any atom is 0.271 e. The highest BCUT2D eigenvalue weighted by Crippen LogP contribution is 2.37. The quantitative estimate of drug-likeness (QED) is 0.422. The molecule has 1 amide bonds. The number of thiophene rings is 1. The second kappa shape index (κ2) is 8.64. The van der Waals surface area contributed by atoms with Crippen molar-refractivity contribution < 1.29 is 23.8 Å². The number of benzene rings is 2. The zero-order valence-electron chi connectivity index (χ0n) is 18.3. The minimum Gasteiger partial charge on any atom is -0.497 e. The summed E-state index contributed by atoms with van der Waals surface area (Å²) in [6.45, 7) is 1.18. The average Bonchev–Trinajstić information content (AvgIpc) is 3.47. The fourth-order valence-corrected chi connectivity index (χ4v) is 4.70. The van der Waals surface area contributed by atoms with Crippen LogP contribution in [-0.4, -0.2) is 35.1 Å². The van der Waals surface area contributed by atoms with Crippen LogP contribution in [0.4, 0.5) is 5.69 Å². The number of ether oxygens (including phenoxy) is 3. The maximum absolute atomic E-state index is 13.0. The van der Waals surface area contributed by atoms with Gasteiger partial charge in [-0.05, 0) is 48.9 Å². The van der Waals surface area contributed by atoms with Gasteiger partial charge in [0.05, 0.1) is 24.6 Å². The van der Waals surface area contributed by atoms with Crippen LogP contribution >= 0.6 is 11.3 Å². The minimum atomic E-state index is -0.475. The van der Waals surface area contributed by atoms with E-state index >= 15 is 0 Å². The molecular weight excluding hydrogens is 458 g/mol. The predicted molar refractivity (Wildman–Crippen MR) is 127 cm³/mol. The van der Waals surface area contributed by atoms with E-state index in [0.29, 0.717) is 33.0 Å². The van der Waals surface area contributed by atoms with E-state index in [1.807, 2.05) is 30.3 Å². The number of hydrogen-bond donors (Lipinski definition) is 1. The Morgan fingerprint density at radius 1 is 1.15 bits per heavy atom. The molecule has 0 saturated carbocycles. The molecule has 1 aliphatic rings. The van der Waals surface area contributed by atoms with Crippen molar-refractivity contribution in [1.29, 1.82) is 0 Å². The smallest absolute Gasteiger partial charge is 0.271 e. The van der Waals surface area contributed by atoms with Crippen LogP contribution in [0.3, 0.4) is 0 Å². The molecule has 172 valence electrons. The van der Waals surface area contributed by atoms with E-state index in [4.69, 9.17) is 14.2 Å². The number of Topliss-reactive ketones (excluding diaryl/α,β-unsaturated/α-hetero) is 1. The summed E-state index contributed by atoms with van der Waals surface area (Å²) in [4.78, 5) is 43.1. The molecule has 0 spiro atoms. The molecule has 2 aromatic carbocycles. The molecule has 1 aliphatic heterocycles. The van der Waals surface area contributed by atoms with E-state index in [1.165, 1.54) is 35.2 Å². The second-order valence-electron chi connectivity index (χ2n) is 7.59. The monoisotopic (exact) mass is 477 g/mol. The Hall–Kier alpha value is -4.18. The van der Waals surface area contributed by atoms with Crippen LogP contribution in [0.1, 0.15) is 17.3 Å². The van der Waals surface area contributed by atoms with Gasteiger partial charge < -0.3 is 19.5 Å². The molecule has 2 aromatic heterocycles. The molecule has 0 radical (unpaired) electrons. The number of rotatable bonds is 6. The molecule has 34 heavy (non-hydrogen) atoms. The fourth-order valence-electron chi connectivity index (χ4n) is 3.64. The van der Waals surface area contributed by atoms with Gasteiger partial charge in [-0.2, -0.15) is 0 Å². The molecule has 0 fully saturated rings. The maximum atomic E-state index is 13.0. The molecule has 0 atom stereocenters. The van der Waals surface area contributed by atoms with Gasteiger partial charge in [0.25, 0.3) is 5.56 Å². The first-order valence-corrected chi connectivity index (χ1v) is 11.1. The van der Waals surface area contributed by atoms with Crippen molar-refractivity contribution in [2.24, 2.45) is 0 Å². The number of carbonyl (C=O) groups is 2. The van der Waals surface area contributed by atoms with Crippen molar-refractivity contribution in [3.05, 3.63) is 64.7 Å². The first kappa shape index (κ1) is 21.7. The van der Waals surface area contributed by atoms with Crippen molar-refractivity contribution >= 4 is 38.9 Å². The number of fused-ring (bicyclic) bond motifs is 2. The molecule has 4 aromatic rings. The number of hydrogen-bond acceptors (Lipinski definition) is 8. The van der Waals surface area contributed by atoms with Crippen molar-refractivity contribution in [3.63, 3.8) is 0 Å². The summed E-state index contributed by atoms with van der Waals surface area (Å²) in [5, 5.41) is 2.70. The van der Waals surface area contributed by atoms with Crippen LogP contribution in [-0.2, 0) is 11.3 Å². The summed E-state index contributed by atoms with van der Waals surface area (Å²) in [5.41, 5.74) is 1.77. The Bertz CT molecular complexity index is 1490. The molecule has 0 aliphatic carbocycles. The SMILES string of the molecule is COc1ccc(-c2cc3ncn(CC(=O)Nc4cc5c(cc4C(C)=O)OCO5)c(=O)c3s2)cc1. The predicted octanol–water partition coefficient (Wildman–Crippen LogP) is 3.70. The first-order valence-electron chi connectivity index (χ1n) is 10.3. The summed E-state index contributed by atoms with van der Waals surface area (Å²) in [6, 6.07) is 12.4. The van der Waals surface area contributed by atoms with Crippen LogP contribution < -0.4 is 25.1 Å². The number of ketones is 1. The number of methoxy groups -OCH3 is 1. The van der Waals surface area contributed by atoms with Gasteiger partial charge in [0.1, 0.15) is 17.0 Å². The van der Waals surface area contributed by atoms with Crippen LogP contribution in [0.15, 0.2) is 53.6 Å². The Kier molecular flexibility index (Phi) is 5.50. The van der Waals surface area contributed by atoms with Crippen LogP contribution in [0.5, 0.6) is 17.2 Å². The zero-order chi connectivity index (χ0) is 23.8. The lowest BCUT2D eigenvalue weighted by atomic mass is 10.1. The summed E-state index contributed by atoms with van der Waals surface area (Å²) in [7, 11) is 1.60. The number of nitrogens with one attached hydrogen (secondary N) is 1. The van der Waals surface area contributed by atoms with Gasteiger partial charge in [0.15, 0.2) is 17.3 Å². The lowest BCUT2D eigenvalue weighted by Gasteiger charge is -2.11. The van der Waals surface area contributed by atoms with Crippen LogP contribution in [0, 0.1) is 0 Å². The molecule has 0 bridgehead atoms. The molecular formula is C24H19N3O6S. The Morgan fingerprint density at radius 2 is 1.88 bits per heavy atom. The first-order chi connectivity index (χ1) is 16.4. The Labute approximate surface area is 197 Å². The highest BCUT2D eigenvalue weighted by molar-refractivity contribution is 7.22. The number of nitrogens with zero attached hydrogens (tertiary/aromatic N) is 2. The van der Waals surface area contributed by atoms with E-state index in [9.17, 15) is 14.4 Å². The van der Waals surface area contributed by atoms with E-state index in [1.54, 1.807) is 13.2 Å². The topological polar surface area (TPSA) is 109 Å². The molecule has 0 unspecified atom stereocenters. The highest BCUT2D eigenvalue weighted by atomic mass is 32.1.